The number of rotatable bonds is 6. The maximum absolute atomic E-state index is 11.8. The van der Waals surface area contributed by atoms with Gasteiger partial charge in [-0.05, 0) is 18.6 Å². The highest BCUT2D eigenvalue weighted by Gasteiger charge is 2.29. The SMILES string of the molecule is CCC(=O)OC(c1ccc(Cl)cc1Cl)C(CC)n1cncn1. The quantitative estimate of drug-likeness (QED) is 0.737. The van der Waals surface area contributed by atoms with Gasteiger partial charge < -0.3 is 4.74 Å². The van der Waals surface area contributed by atoms with Crippen molar-refractivity contribution in [1.82, 2.24) is 14.8 Å². The summed E-state index contributed by atoms with van der Waals surface area (Å²) in [5, 5.41) is 5.15. The van der Waals surface area contributed by atoms with E-state index in [0.29, 0.717) is 22.0 Å². The molecule has 0 saturated heterocycles. The smallest absolute Gasteiger partial charge is 0.306 e. The van der Waals surface area contributed by atoms with E-state index in [2.05, 4.69) is 10.1 Å². The highest BCUT2D eigenvalue weighted by Crippen LogP contribution is 2.37. The average molecular weight is 342 g/mol. The van der Waals surface area contributed by atoms with Crippen LogP contribution in [0.1, 0.15) is 44.4 Å². The monoisotopic (exact) mass is 341 g/mol. The van der Waals surface area contributed by atoms with E-state index in [1.165, 1.54) is 6.33 Å². The molecule has 5 nitrogen and oxygen atoms in total. The van der Waals surface area contributed by atoms with Gasteiger partial charge in [-0.2, -0.15) is 5.10 Å². The molecule has 0 aliphatic carbocycles. The third kappa shape index (κ3) is 3.78. The molecule has 1 heterocycles. The Morgan fingerprint density at radius 3 is 2.68 bits per heavy atom. The van der Waals surface area contributed by atoms with Gasteiger partial charge in [-0.1, -0.05) is 43.1 Å². The number of nitrogens with zero attached hydrogens (tertiary/aromatic N) is 3. The molecule has 0 N–H and O–H groups in total. The Bertz CT molecular complexity index is 632. The number of esters is 1. The fraction of sp³-hybridized carbons (Fsp3) is 0.400. The highest BCUT2D eigenvalue weighted by molar-refractivity contribution is 6.35. The first kappa shape index (κ1) is 16.8. The molecular weight excluding hydrogens is 325 g/mol. The van der Waals surface area contributed by atoms with Crippen LogP contribution in [0.4, 0.5) is 0 Å². The zero-order valence-electron chi connectivity index (χ0n) is 12.4. The van der Waals surface area contributed by atoms with E-state index >= 15 is 0 Å². The molecule has 2 unspecified atom stereocenters. The predicted octanol–water partition coefficient (Wildman–Crippen LogP) is 4.23. The lowest BCUT2D eigenvalue weighted by molar-refractivity contribution is -0.151. The van der Waals surface area contributed by atoms with Crippen molar-refractivity contribution in [3.8, 4) is 0 Å². The van der Waals surface area contributed by atoms with Crippen molar-refractivity contribution in [2.24, 2.45) is 0 Å². The third-order valence-electron chi connectivity index (χ3n) is 3.36. The second kappa shape index (κ2) is 7.61. The van der Waals surface area contributed by atoms with Gasteiger partial charge in [-0.25, -0.2) is 9.67 Å². The number of ether oxygens (including phenoxy) is 1. The van der Waals surface area contributed by atoms with E-state index in [-0.39, 0.29) is 18.4 Å². The normalized spacial score (nSPS) is 13.6. The molecule has 2 rings (SSSR count). The average Bonchev–Trinajstić information content (AvgIpc) is 3.01. The van der Waals surface area contributed by atoms with Crippen LogP contribution >= 0.6 is 23.2 Å². The Morgan fingerprint density at radius 2 is 2.14 bits per heavy atom. The van der Waals surface area contributed by atoms with E-state index in [0.717, 1.165) is 0 Å². The summed E-state index contributed by atoms with van der Waals surface area (Å²) < 4.78 is 7.31. The van der Waals surface area contributed by atoms with Crippen molar-refractivity contribution in [1.29, 1.82) is 0 Å². The van der Waals surface area contributed by atoms with Crippen LogP contribution in [0.15, 0.2) is 30.9 Å². The third-order valence-corrected chi connectivity index (χ3v) is 3.92. The van der Waals surface area contributed by atoms with Gasteiger partial charge in [0.2, 0.25) is 0 Å². The molecule has 118 valence electrons. The lowest BCUT2D eigenvalue weighted by atomic mass is 10.00. The molecule has 0 fully saturated rings. The number of benzene rings is 1. The lowest BCUT2D eigenvalue weighted by Crippen LogP contribution is -2.23. The summed E-state index contributed by atoms with van der Waals surface area (Å²) in [7, 11) is 0. The molecule has 2 aromatic rings. The predicted molar refractivity (Wildman–Crippen MR) is 84.9 cm³/mol. The first-order chi connectivity index (χ1) is 10.6. The minimum absolute atomic E-state index is 0.198. The van der Waals surface area contributed by atoms with Crippen molar-refractivity contribution in [3.63, 3.8) is 0 Å². The largest absolute Gasteiger partial charge is 0.455 e. The summed E-state index contributed by atoms with van der Waals surface area (Å²) in [6.45, 7) is 3.74. The van der Waals surface area contributed by atoms with E-state index < -0.39 is 6.10 Å². The number of aromatic nitrogens is 3. The maximum atomic E-state index is 11.8. The maximum Gasteiger partial charge on any atom is 0.306 e. The standard InChI is InChI=1S/C15H17Cl2N3O2/c1-3-13(20-9-18-8-19-20)15(22-14(21)4-2)11-6-5-10(16)7-12(11)17/h5-9,13,15H,3-4H2,1-2H3. The van der Waals surface area contributed by atoms with Crippen LogP contribution in [0.2, 0.25) is 10.0 Å². The lowest BCUT2D eigenvalue weighted by Gasteiger charge is -2.27. The van der Waals surface area contributed by atoms with Gasteiger partial charge in [0.1, 0.15) is 12.7 Å². The van der Waals surface area contributed by atoms with Crippen LogP contribution in [0.5, 0.6) is 0 Å². The molecule has 0 radical (unpaired) electrons. The van der Waals surface area contributed by atoms with Crippen molar-refractivity contribution < 1.29 is 9.53 Å². The van der Waals surface area contributed by atoms with Crippen LogP contribution in [0.3, 0.4) is 0 Å². The summed E-state index contributed by atoms with van der Waals surface area (Å²) in [5.74, 6) is -0.297. The molecule has 1 aromatic heterocycles. The molecule has 0 bridgehead atoms. The number of hydrogen-bond donors (Lipinski definition) is 0. The second-order valence-electron chi connectivity index (χ2n) is 4.78. The van der Waals surface area contributed by atoms with Gasteiger partial charge in [0.25, 0.3) is 0 Å². The summed E-state index contributed by atoms with van der Waals surface area (Å²) in [6.07, 6.45) is 3.48. The molecule has 0 amide bonds. The topological polar surface area (TPSA) is 57.0 Å². The van der Waals surface area contributed by atoms with Crippen molar-refractivity contribution in [2.45, 2.75) is 38.8 Å². The van der Waals surface area contributed by atoms with Gasteiger partial charge in [0.15, 0.2) is 6.10 Å². The Labute approximate surface area is 139 Å². The van der Waals surface area contributed by atoms with E-state index in [1.807, 2.05) is 6.92 Å². The molecule has 2 atom stereocenters. The summed E-state index contributed by atoms with van der Waals surface area (Å²) in [5.41, 5.74) is 0.704. The fourth-order valence-corrected chi connectivity index (χ4v) is 2.75. The minimum Gasteiger partial charge on any atom is -0.455 e. The Balaban J connectivity index is 2.43. The number of carbonyl (C=O) groups is 1. The molecular formula is C15H17Cl2N3O2. The van der Waals surface area contributed by atoms with Gasteiger partial charge in [-0.3, -0.25) is 4.79 Å². The Hall–Kier alpha value is -1.59. The number of carbonyl (C=O) groups excluding carboxylic acids is 1. The zero-order valence-corrected chi connectivity index (χ0v) is 13.9. The molecule has 0 aliphatic rings. The Morgan fingerprint density at radius 1 is 1.36 bits per heavy atom. The molecule has 22 heavy (non-hydrogen) atoms. The van der Waals surface area contributed by atoms with Crippen molar-refractivity contribution in [3.05, 3.63) is 46.5 Å². The minimum atomic E-state index is -0.552. The first-order valence-corrected chi connectivity index (χ1v) is 7.80. The number of hydrogen-bond acceptors (Lipinski definition) is 4. The highest BCUT2D eigenvalue weighted by atomic mass is 35.5. The molecule has 0 aliphatic heterocycles. The van der Waals surface area contributed by atoms with Crippen molar-refractivity contribution >= 4 is 29.2 Å². The molecule has 0 spiro atoms. The first-order valence-electron chi connectivity index (χ1n) is 7.05. The Kier molecular flexibility index (Phi) is 5.80. The molecule has 7 heteroatoms. The van der Waals surface area contributed by atoms with Crippen molar-refractivity contribution in [2.75, 3.05) is 0 Å². The summed E-state index contributed by atoms with van der Waals surface area (Å²) in [6, 6.07) is 4.94. The fourth-order valence-electron chi connectivity index (χ4n) is 2.23. The van der Waals surface area contributed by atoms with Gasteiger partial charge >= 0.3 is 5.97 Å². The van der Waals surface area contributed by atoms with Crippen LogP contribution in [0.25, 0.3) is 0 Å². The van der Waals surface area contributed by atoms with E-state index in [1.54, 1.807) is 36.1 Å². The summed E-state index contributed by atoms with van der Waals surface area (Å²) in [4.78, 5) is 15.8. The van der Waals surface area contributed by atoms with Crippen LogP contribution in [-0.2, 0) is 9.53 Å². The van der Waals surface area contributed by atoms with E-state index in [9.17, 15) is 4.79 Å². The van der Waals surface area contributed by atoms with Crippen LogP contribution < -0.4 is 0 Å². The second-order valence-corrected chi connectivity index (χ2v) is 5.62. The van der Waals surface area contributed by atoms with Gasteiger partial charge in [0.05, 0.1) is 6.04 Å². The molecule has 1 aromatic carbocycles. The van der Waals surface area contributed by atoms with E-state index in [4.69, 9.17) is 27.9 Å². The van der Waals surface area contributed by atoms with Gasteiger partial charge in [-0.15, -0.1) is 0 Å². The summed E-state index contributed by atoms with van der Waals surface area (Å²) >= 11 is 12.2. The van der Waals surface area contributed by atoms with Crippen LogP contribution in [-0.4, -0.2) is 20.7 Å². The van der Waals surface area contributed by atoms with Gasteiger partial charge in [0, 0.05) is 22.0 Å². The van der Waals surface area contributed by atoms with Crippen LogP contribution in [0, 0.1) is 0 Å². The zero-order chi connectivity index (χ0) is 16.1. The number of halogens is 2. The molecule has 0 saturated carbocycles.